The maximum Gasteiger partial charge on any atom is 0.159 e. The molecule has 4 rings (SSSR count). The highest BCUT2D eigenvalue weighted by molar-refractivity contribution is 5.84. The molecule has 0 spiro atoms. The Balaban J connectivity index is 1.37. The second-order valence-corrected chi connectivity index (χ2v) is 8.65. The zero-order valence-electron chi connectivity index (χ0n) is 19.4. The number of hydrogen-bond donors (Lipinski definition) is 0. The molecule has 35 heavy (non-hydrogen) atoms. The summed E-state index contributed by atoms with van der Waals surface area (Å²) in [7, 11) is 1.67. The van der Waals surface area contributed by atoms with Crippen molar-refractivity contribution in [3.8, 4) is 11.8 Å². The predicted octanol–water partition coefficient (Wildman–Crippen LogP) is 6.14. The molecule has 3 aromatic rings. The standard InChI is InChI=1S/C28H26F4O3/c1-33-10-2-3-20-16-34-28(35-17-20)9-6-19-12-24(29)23(25(30)13-19)8-5-18-4-7-21-14-26(31)27(32)15-22(21)11-18/h4,7,11-15,20,28H,2-3,6,9-10,16-17H2,1H3. The molecule has 0 atom stereocenters. The van der Waals surface area contributed by atoms with E-state index in [1.807, 2.05) is 0 Å². The van der Waals surface area contributed by atoms with Crippen LogP contribution in [-0.2, 0) is 20.6 Å². The van der Waals surface area contributed by atoms with Gasteiger partial charge in [0.25, 0.3) is 0 Å². The van der Waals surface area contributed by atoms with Crippen LogP contribution in [0.2, 0.25) is 0 Å². The van der Waals surface area contributed by atoms with E-state index >= 15 is 0 Å². The van der Waals surface area contributed by atoms with Crippen LogP contribution in [0.4, 0.5) is 17.6 Å². The van der Waals surface area contributed by atoms with Gasteiger partial charge in [-0.05, 0) is 72.0 Å². The first kappa shape index (κ1) is 25.2. The lowest BCUT2D eigenvalue weighted by atomic mass is 10.0. The third-order valence-corrected chi connectivity index (χ3v) is 5.98. The maximum atomic E-state index is 14.6. The molecular formula is C28H26F4O3. The summed E-state index contributed by atoms with van der Waals surface area (Å²) in [6, 6.07) is 9.39. The number of hydrogen-bond acceptors (Lipinski definition) is 3. The highest BCUT2D eigenvalue weighted by atomic mass is 19.2. The van der Waals surface area contributed by atoms with E-state index in [-0.39, 0.29) is 5.56 Å². The topological polar surface area (TPSA) is 27.7 Å². The smallest absolute Gasteiger partial charge is 0.159 e. The summed E-state index contributed by atoms with van der Waals surface area (Å²) in [5.41, 5.74) is 0.574. The van der Waals surface area contributed by atoms with Crippen LogP contribution >= 0.6 is 0 Å². The van der Waals surface area contributed by atoms with Gasteiger partial charge in [0.15, 0.2) is 17.9 Å². The summed E-state index contributed by atoms with van der Waals surface area (Å²) >= 11 is 0. The van der Waals surface area contributed by atoms with E-state index < -0.39 is 29.6 Å². The van der Waals surface area contributed by atoms with E-state index in [1.165, 1.54) is 12.1 Å². The Hall–Kier alpha value is -2.92. The molecule has 3 aromatic carbocycles. The Morgan fingerprint density at radius 3 is 2.20 bits per heavy atom. The van der Waals surface area contributed by atoms with Crippen LogP contribution in [-0.4, -0.2) is 33.2 Å². The summed E-state index contributed by atoms with van der Waals surface area (Å²) in [4.78, 5) is 0. The van der Waals surface area contributed by atoms with E-state index in [1.54, 1.807) is 25.3 Å². The van der Waals surface area contributed by atoms with Crippen LogP contribution < -0.4 is 0 Å². The quantitative estimate of drug-likeness (QED) is 0.228. The van der Waals surface area contributed by atoms with Gasteiger partial charge >= 0.3 is 0 Å². The SMILES string of the molecule is COCCCC1COC(CCc2cc(F)c(C#Cc3ccc4cc(F)c(F)cc4c3)c(F)c2)OC1. The largest absolute Gasteiger partial charge is 0.385 e. The van der Waals surface area contributed by atoms with Crippen LogP contribution in [0, 0.1) is 41.0 Å². The van der Waals surface area contributed by atoms with Crippen LogP contribution in [0.25, 0.3) is 10.8 Å². The Kier molecular flexibility index (Phi) is 8.40. The van der Waals surface area contributed by atoms with Crippen molar-refractivity contribution in [3.63, 3.8) is 0 Å². The summed E-state index contributed by atoms with van der Waals surface area (Å²) in [5, 5.41) is 0.948. The van der Waals surface area contributed by atoms with Crippen molar-refractivity contribution in [1.29, 1.82) is 0 Å². The highest BCUT2D eigenvalue weighted by Gasteiger charge is 2.22. The molecule has 184 valence electrons. The van der Waals surface area contributed by atoms with E-state index in [4.69, 9.17) is 14.2 Å². The second-order valence-electron chi connectivity index (χ2n) is 8.65. The molecule has 0 amide bonds. The van der Waals surface area contributed by atoms with Crippen molar-refractivity contribution in [3.05, 3.63) is 82.4 Å². The maximum absolute atomic E-state index is 14.6. The molecule has 0 radical (unpaired) electrons. The van der Waals surface area contributed by atoms with Crippen molar-refractivity contribution < 1.29 is 31.8 Å². The monoisotopic (exact) mass is 486 g/mol. The molecular weight excluding hydrogens is 460 g/mol. The Bertz CT molecular complexity index is 1220. The third kappa shape index (κ3) is 6.61. The Morgan fingerprint density at radius 1 is 0.829 bits per heavy atom. The van der Waals surface area contributed by atoms with Gasteiger partial charge in [-0.2, -0.15) is 0 Å². The Labute approximate surface area is 202 Å². The Morgan fingerprint density at radius 2 is 1.51 bits per heavy atom. The molecule has 1 aliphatic heterocycles. The number of fused-ring (bicyclic) bond motifs is 1. The van der Waals surface area contributed by atoms with Gasteiger partial charge < -0.3 is 14.2 Å². The van der Waals surface area contributed by atoms with Gasteiger partial charge in [-0.1, -0.05) is 17.9 Å². The van der Waals surface area contributed by atoms with Crippen molar-refractivity contribution in [1.82, 2.24) is 0 Å². The van der Waals surface area contributed by atoms with E-state index in [0.717, 1.165) is 25.0 Å². The lowest BCUT2D eigenvalue weighted by Crippen LogP contribution is -2.32. The molecule has 0 saturated carbocycles. The number of methoxy groups -OCH3 is 1. The van der Waals surface area contributed by atoms with Crippen LogP contribution in [0.3, 0.4) is 0 Å². The summed E-state index contributed by atoms with van der Waals surface area (Å²) in [6.45, 7) is 1.91. The minimum Gasteiger partial charge on any atom is -0.385 e. The van der Waals surface area contributed by atoms with E-state index in [0.29, 0.717) is 60.5 Å². The van der Waals surface area contributed by atoms with Gasteiger partial charge in [0.2, 0.25) is 0 Å². The number of aryl methyl sites for hydroxylation is 1. The minimum absolute atomic E-state index is 0.331. The summed E-state index contributed by atoms with van der Waals surface area (Å²) in [6.07, 6.45) is 2.40. The minimum atomic E-state index is -0.971. The molecule has 3 nitrogen and oxygen atoms in total. The number of ether oxygens (including phenoxy) is 3. The average molecular weight is 487 g/mol. The molecule has 0 aliphatic carbocycles. The summed E-state index contributed by atoms with van der Waals surface area (Å²) in [5.74, 6) is 2.12. The van der Waals surface area contributed by atoms with Crippen LogP contribution in [0.5, 0.6) is 0 Å². The molecule has 1 heterocycles. The molecule has 0 aromatic heterocycles. The van der Waals surface area contributed by atoms with Crippen LogP contribution in [0.1, 0.15) is 36.0 Å². The zero-order chi connectivity index (χ0) is 24.8. The summed E-state index contributed by atoms with van der Waals surface area (Å²) < 4.78 is 72.6. The first-order chi connectivity index (χ1) is 16.9. The third-order valence-electron chi connectivity index (χ3n) is 5.98. The molecule has 1 saturated heterocycles. The first-order valence-corrected chi connectivity index (χ1v) is 11.5. The number of benzene rings is 3. The van der Waals surface area contributed by atoms with E-state index in [2.05, 4.69) is 11.8 Å². The second kappa shape index (κ2) is 11.7. The number of halogens is 4. The molecule has 0 N–H and O–H groups in total. The fraction of sp³-hybridized carbons (Fsp3) is 0.357. The van der Waals surface area contributed by atoms with Gasteiger partial charge in [0.05, 0.1) is 18.8 Å². The van der Waals surface area contributed by atoms with Crippen molar-refractivity contribution in [2.75, 3.05) is 26.9 Å². The fourth-order valence-corrected chi connectivity index (χ4v) is 4.06. The molecule has 0 unspecified atom stereocenters. The van der Waals surface area contributed by atoms with Gasteiger partial charge in [-0.25, -0.2) is 17.6 Å². The van der Waals surface area contributed by atoms with Crippen molar-refractivity contribution in [2.45, 2.75) is 32.0 Å². The average Bonchev–Trinajstić information content (AvgIpc) is 2.84. The highest BCUT2D eigenvalue weighted by Crippen LogP contribution is 2.22. The molecule has 0 bridgehead atoms. The molecule has 1 fully saturated rings. The molecule has 1 aliphatic rings. The lowest BCUT2D eigenvalue weighted by Gasteiger charge is -2.29. The number of rotatable bonds is 7. The zero-order valence-corrected chi connectivity index (χ0v) is 19.4. The van der Waals surface area contributed by atoms with Crippen molar-refractivity contribution in [2.24, 2.45) is 5.92 Å². The lowest BCUT2D eigenvalue weighted by molar-refractivity contribution is -0.203. The first-order valence-electron chi connectivity index (χ1n) is 11.5. The van der Waals surface area contributed by atoms with Gasteiger partial charge in [0, 0.05) is 31.6 Å². The predicted molar refractivity (Wildman–Crippen MR) is 125 cm³/mol. The van der Waals surface area contributed by atoms with Gasteiger partial charge in [-0.3, -0.25) is 0 Å². The van der Waals surface area contributed by atoms with Crippen molar-refractivity contribution >= 4 is 10.8 Å². The van der Waals surface area contributed by atoms with Crippen LogP contribution in [0.15, 0.2) is 42.5 Å². The fourth-order valence-electron chi connectivity index (χ4n) is 4.06. The van der Waals surface area contributed by atoms with Gasteiger partial charge in [-0.15, -0.1) is 0 Å². The van der Waals surface area contributed by atoms with Gasteiger partial charge in [0.1, 0.15) is 11.6 Å². The molecule has 7 heteroatoms. The van der Waals surface area contributed by atoms with E-state index in [9.17, 15) is 17.6 Å². The normalized spacial score (nSPS) is 17.9.